The van der Waals surface area contributed by atoms with Crippen LogP contribution < -0.4 is 24.4 Å². The van der Waals surface area contributed by atoms with Crippen LogP contribution in [0.2, 0.25) is 0 Å². The first-order valence-electron chi connectivity index (χ1n) is 9.79. The number of nitrogens with zero attached hydrogens (tertiary/aromatic N) is 1. The highest BCUT2D eigenvalue weighted by Crippen LogP contribution is 2.35. The van der Waals surface area contributed by atoms with Crippen molar-refractivity contribution in [3.63, 3.8) is 0 Å². The number of fused-ring (bicyclic) bond motifs is 2. The lowest BCUT2D eigenvalue weighted by Gasteiger charge is -2.34. The van der Waals surface area contributed by atoms with Crippen LogP contribution in [-0.4, -0.2) is 43.7 Å². The summed E-state index contributed by atoms with van der Waals surface area (Å²) in [5.74, 6) is 1.52. The predicted molar refractivity (Wildman–Crippen MR) is 108 cm³/mol. The van der Waals surface area contributed by atoms with Gasteiger partial charge in [0.2, 0.25) is 5.91 Å². The van der Waals surface area contributed by atoms with E-state index in [0.29, 0.717) is 42.5 Å². The summed E-state index contributed by atoms with van der Waals surface area (Å²) in [4.78, 5) is 26.9. The Balaban J connectivity index is 1.40. The zero-order valence-electron chi connectivity index (χ0n) is 16.5. The molecular weight excluding hydrogens is 372 g/mol. The zero-order chi connectivity index (χ0) is 20.4. The first-order valence-corrected chi connectivity index (χ1v) is 9.79. The number of amides is 2. The predicted octanol–water partition coefficient (Wildman–Crippen LogP) is 2.46. The van der Waals surface area contributed by atoms with Crippen molar-refractivity contribution in [2.24, 2.45) is 0 Å². The molecule has 152 valence electrons. The molecule has 7 heteroatoms. The number of aryl methyl sites for hydroxylation is 1. The first kappa shape index (κ1) is 19.1. The van der Waals surface area contributed by atoms with Gasteiger partial charge in [-0.05, 0) is 43.2 Å². The van der Waals surface area contributed by atoms with Gasteiger partial charge >= 0.3 is 0 Å². The SMILES string of the molecule is CC[C@@H]1Oc2ccc(C)cc2N(CC(=O)NC[C@H]2COc3ccccc3O2)C1=O. The molecule has 2 aliphatic rings. The summed E-state index contributed by atoms with van der Waals surface area (Å²) < 4.78 is 17.3. The topological polar surface area (TPSA) is 77.1 Å². The van der Waals surface area contributed by atoms with Crippen molar-refractivity contribution >= 4 is 17.5 Å². The zero-order valence-corrected chi connectivity index (χ0v) is 16.5. The third-order valence-electron chi connectivity index (χ3n) is 4.98. The summed E-state index contributed by atoms with van der Waals surface area (Å²) in [6.45, 7) is 4.40. The van der Waals surface area contributed by atoms with Crippen molar-refractivity contribution < 1.29 is 23.8 Å². The van der Waals surface area contributed by atoms with Gasteiger partial charge in [-0.25, -0.2) is 0 Å². The van der Waals surface area contributed by atoms with Gasteiger partial charge in [0, 0.05) is 0 Å². The highest BCUT2D eigenvalue weighted by Gasteiger charge is 2.34. The molecule has 2 aromatic carbocycles. The summed E-state index contributed by atoms with van der Waals surface area (Å²) in [6, 6.07) is 13.1. The molecule has 0 unspecified atom stereocenters. The summed E-state index contributed by atoms with van der Waals surface area (Å²) in [7, 11) is 0. The number of hydrogen-bond acceptors (Lipinski definition) is 5. The maximum atomic E-state index is 12.8. The van der Waals surface area contributed by atoms with Gasteiger partial charge in [-0.15, -0.1) is 0 Å². The van der Waals surface area contributed by atoms with Gasteiger partial charge < -0.3 is 19.5 Å². The average Bonchev–Trinajstić information content (AvgIpc) is 2.74. The van der Waals surface area contributed by atoms with Crippen LogP contribution in [0.5, 0.6) is 17.2 Å². The van der Waals surface area contributed by atoms with E-state index in [9.17, 15) is 9.59 Å². The van der Waals surface area contributed by atoms with Crippen LogP contribution in [-0.2, 0) is 9.59 Å². The lowest BCUT2D eigenvalue weighted by molar-refractivity contribution is -0.129. The Morgan fingerprint density at radius 1 is 1.14 bits per heavy atom. The summed E-state index contributed by atoms with van der Waals surface area (Å²) in [6.07, 6.45) is -0.326. The monoisotopic (exact) mass is 396 g/mol. The Kier molecular flexibility index (Phi) is 5.29. The lowest BCUT2D eigenvalue weighted by atomic mass is 10.1. The normalized spacial score (nSPS) is 19.9. The molecule has 2 aliphatic heterocycles. The quantitative estimate of drug-likeness (QED) is 0.840. The van der Waals surface area contributed by atoms with Gasteiger partial charge in [-0.1, -0.05) is 25.1 Å². The van der Waals surface area contributed by atoms with E-state index in [1.807, 2.05) is 56.3 Å². The third kappa shape index (κ3) is 3.99. The van der Waals surface area contributed by atoms with E-state index >= 15 is 0 Å². The number of carbonyl (C=O) groups excluding carboxylic acids is 2. The molecule has 2 heterocycles. The van der Waals surface area contributed by atoms with Gasteiger partial charge in [0.05, 0.1) is 12.2 Å². The smallest absolute Gasteiger partial charge is 0.268 e. The van der Waals surface area contributed by atoms with Crippen molar-refractivity contribution in [2.75, 3.05) is 24.6 Å². The van der Waals surface area contributed by atoms with Crippen LogP contribution in [0.1, 0.15) is 18.9 Å². The number of rotatable bonds is 5. The van der Waals surface area contributed by atoms with Gasteiger partial charge in [0.15, 0.2) is 17.6 Å². The Morgan fingerprint density at radius 2 is 1.93 bits per heavy atom. The van der Waals surface area contributed by atoms with Crippen LogP contribution in [0.25, 0.3) is 0 Å². The van der Waals surface area contributed by atoms with Crippen LogP contribution in [0.15, 0.2) is 42.5 Å². The maximum Gasteiger partial charge on any atom is 0.268 e. The van der Waals surface area contributed by atoms with Gasteiger partial charge in [0.1, 0.15) is 25.0 Å². The van der Waals surface area contributed by atoms with E-state index in [1.165, 1.54) is 4.90 Å². The van der Waals surface area contributed by atoms with Crippen molar-refractivity contribution in [3.05, 3.63) is 48.0 Å². The second-order valence-corrected chi connectivity index (χ2v) is 7.21. The molecule has 2 atom stereocenters. The Labute approximate surface area is 169 Å². The van der Waals surface area contributed by atoms with Gasteiger partial charge in [-0.2, -0.15) is 0 Å². The molecule has 0 radical (unpaired) electrons. The number of ether oxygens (including phenoxy) is 3. The van der Waals surface area contributed by atoms with Crippen molar-refractivity contribution in [2.45, 2.75) is 32.5 Å². The number of para-hydroxylation sites is 2. The lowest BCUT2D eigenvalue weighted by Crippen LogP contribution is -2.51. The summed E-state index contributed by atoms with van der Waals surface area (Å²) >= 11 is 0. The molecule has 1 N–H and O–H groups in total. The number of anilines is 1. The minimum absolute atomic E-state index is 0.0701. The van der Waals surface area contributed by atoms with Crippen LogP contribution in [0.3, 0.4) is 0 Å². The van der Waals surface area contributed by atoms with Gasteiger partial charge in [-0.3, -0.25) is 14.5 Å². The van der Waals surface area contributed by atoms with Gasteiger partial charge in [0.25, 0.3) is 5.91 Å². The summed E-state index contributed by atoms with van der Waals surface area (Å²) in [5.41, 5.74) is 1.62. The molecule has 0 bridgehead atoms. The standard InChI is InChI=1S/C22H24N2O5/c1-3-17-22(26)24(16-10-14(2)8-9-18(16)29-17)12-21(25)23-11-15-13-27-19-6-4-5-7-20(19)28-15/h4-10,15,17H,3,11-13H2,1-2H3,(H,23,25)/t15-,17-/m0/s1. The highest BCUT2D eigenvalue weighted by molar-refractivity contribution is 6.03. The minimum Gasteiger partial charge on any atom is -0.486 e. The molecule has 0 fully saturated rings. The van der Waals surface area contributed by atoms with E-state index in [4.69, 9.17) is 14.2 Å². The molecule has 0 aromatic heterocycles. The molecule has 0 spiro atoms. The van der Waals surface area contributed by atoms with Crippen molar-refractivity contribution in [1.82, 2.24) is 5.32 Å². The van der Waals surface area contributed by atoms with E-state index in [-0.39, 0.29) is 24.5 Å². The van der Waals surface area contributed by atoms with Crippen LogP contribution in [0.4, 0.5) is 5.69 Å². The first-order chi connectivity index (χ1) is 14.0. The number of nitrogens with one attached hydrogen (secondary N) is 1. The molecule has 0 saturated heterocycles. The van der Waals surface area contributed by atoms with Crippen molar-refractivity contribution in [1.29, 1.82) is 0 Å². The largest absolute Gasteiger partial charge is 0.486 e. The second-order valence-electron chi connectivity index (χ2n) is 7.21. The Hall–Kier alpha value is -3.22. The molecule has 0 aliphatic carbocycles. The minimum atomic E-state index is -0.579. The van der Waals surface area contributed by atoms with E-state index in [0.717, 1.165) is 5.56 Å². The third-order valence-corrected chi connectivity index (χ3v) is 4.98. The number of carbonyl (C=O) groups is 2. The molecule has 2 amide bonds. The van der Waals surface area contributed by atoms with Crippen LogP contribution in [0, 0.1) is 6.92 Å². The fraction of sp³-hybridized carbons (Fsp3) is 0.364. The molecule has 7 nitrogen and oxygen atoms in total. The number of benzene rings is 2. The summed E-state index contributed by atoms with van der Waals surface area (Å²) in [5, 5.41) is 2.85. The van der Waals surface area contributed by atoms with Crippen molar-refractivity contribution in [3.8, 4) is 17.2 Å². The fourth-order valence-electron chi connectivity index (χ4n) is 3.45. The Bertz CT molecular complexity index is 929. The molecule has 2 aromatic rings. The van der Waals surface area contributed by atoms with E-state index in [1.54, 1.807) is 0 Å². The van der Waals surface area contributed by atoms with E-state index < -0.39 is 6.10 Å². The number of hydrogen-bond donors (Lipinski definition) is 1. The van der Waals surface area contributed by atoms with Crippen LogP contribution >= 0.6 is 0 Å². The molecule has 29 heavy (non-hydrogen) atoms. The molecule has 4 rings (SSSR count). The maximum absolute atomic E-state index is 12.8. The molecular formula is C22H24N2O5. The fourth-order valence-corrected chi connectivity index (χ4v) is 3.45. The second kappa shape index (κ2) is 8.03. The average molecular weight is 396 g/mol. The highest BCUT2D eigenvalue weighted by atomic mass is 16.6. The van der Waals surface area contributed by atoms with E-state index in [2.05, 4.69) is 5.32 Å². The Morgan fingerprint density at radius 3 is 2.72 bits per heavy atom. The molecule has 0 saturated carbocycles.